The molecule has 0 saturated carbocycles. The smallest absolute Gasteiger partial charge is 0.302 e. The number of carbonyl (C=O) groups excluding carboxylic acids is 1. The zero-order valence-electron chi connectivity index (χ0n) is 7.90. The normalized spacial score (nSPS) is 27.2. The lowest BCUT2D eigenvalue weighted by Gasteiger charge is -2.26. The molecule has 1 aliphatic carbocycles. The van der Waals surface area contributed by atoms with Gasteiger partial charge in [-0.3, -0.25) is 4.79 Å². The van der Waals surface area contributed by atoms with Crippen LogP contribution in [0.25, 0.3) is 0 Å². The maximum absolute atomic E-state index is 10.6. The second-order valence-electron chi connectivity index (χ2n) is 3.45. The predicted molar refractivity (Wildman–Crippen MR) is 49.1 cm³/mol. The van der Waals surface area contributed by atoms with E-state index in [9.17, 15) is 4.79 Å². The van der Waals surface area contributed by atoms with Crippen LogP contribution in [0.4, 0.5) is 0 Å². The van der Waals surface area contributed by atoms with Gasteiger partial charge in [0.05, 0.1) is 6.61 Å². The lowest BCUT2D eigenvalue weighted by molar-refractivity contribution is -0.143. The SMILES string of the molecule is CC(=O)OC[C@H]1CC=CC[C@H]1CO. The Hall–Kier alpha value is -0.830. The molecule has 74 valence electrons. The van der Waals surface area contributed by atoms with Crippen molar-refractivity contribution < 1.29 is 14.6 Å². The zero-order valence-corrected chi connectivity index (χ0v) is 7.90. The molecule has 1 rings (SSSR count). The average Bonchev–Trinajstić information content (AvgIpc) is 2.15. The van der Waals surface area contributed by atoms with Gasteiger partial charge >= 0.3 is 5.97 Å². The largest absolute Gasteiger partial charge is 0.466 e. The maximum Gasteiger partial charge on any atom is 0.302 e. The Morgan fingerprint density at radius 3 is 2.62 bits per heavy atom. The van der Waals surface area contributed by atoms with E-state index in [1.807, 2.05) is 0 Å². The van der Waals surface area contributed by atoms with Crippen LogP contribution in [0.15, 0.2) is 12.2 Å². The average molecular weight is 184 g/mol. The van der Waals surface area contributed by atoms with E-state index in [-0.39, 0.29) is 18.5 Å². The third kappa shape index (κ3) is 3.19. The van der Waals surface area contributed by atoms with Gasteiger partial charge in [0.15, 0.2) is 0 Å². The van der Waals surface area contributed by atoms with Crippen LogP contribution in [0, 0.1) is 11.8 Å². The van der Waals surface area contributed by atoms with Crippen LogP contribution in [-0.2, 0) is 9.53 Å². The molecule has 0 aliphatic heterocycles. The van der Waals surface area contributed by atoms with Crippen LogP contribution in [0.3, 0.4) is 0 Å². The summed E-state index contributed by atoms with van der Waals surface area (Å²) in [6, 6.07) is 0. The molecule has 0 fully saturated rings. The minimum absolute atomic E-state index is 0.177. The summed E-state index contributed by atoms with van der Waals surface area (Å²) >= 11 is 0. The van der Waals surface area contributed by atoms with Crippen molar-refractivity contribution in [3.8, 4) is 0 Å². The molecule has 0 unspecified atom stereocenters. The Morgan fingerprint density at radius 1 is 1.46 bits per heavy atom. The van der Waals surface area contributed by atoms with Crippen LogP contribution in [-0.4, -0.2) is 24.3 Å². The van der Waals surface area contributed by atoms with E-state index in [1.165, 1.54) is 6.92 Å². The molecule has 0 heterocycles. The van der Waals surface area contributed by atoms with Crippen LogP contribution in [0.5, 0.6) is 0 Å². The minimum Gasteiger partial charge on any atom is -0.466 e. The first-order chi connectivity index (χ1) is 6.24. The topological polar surface area (TPSA) is 46.5 Å². The van der Waals surface area contributed by atoms with Crippen molar-refractivity contribution in [2.75, 3.05) is 13.2 Å². The number of esters is 1. The van der Waals surface area contributed by atoms with Crippen molar-refractivity contribution in [2.24, 2.45) is 11.8 Å². The Bertz CT molecular complexity index is 198. The summed E-state index contributed by atoms with van der Waals surface area (Å²) < 4.78 is 4.93. The number of rotatable bonds is 3. The zero-order chi connectivity index (χ0) is 9.68. The standard InChI is InChI=1S/C10H16O3/c1-8(12)13-7-10-5-3-2-4-9(10)6-11/h2-3,9-11H,4-7H2,1H3/t9-,10+/m0/s1. The van der Waals surface area contributed by atoms with E-state index in [0.717, 1.165) is 12.8 Å². The summed E-state index contributed by atoms with van der Waals surface area (Å²) in [5.41, 5.74) is 0. The first-order valence-corrected chi connectivity index (χ1v) is 4.63. The van der Waals surface area contributed by atoms with Crippen LogP contribution in [0.2, 0.25) is 0 Å². The highest BCUT2D eigenvalue weighted by Crippen LogP contribution is 2.25. The molecule has 0 saturated heterocycles. The van der Waals surface area contributed by atoms with Crippen molar-refractivity contribution >= 4 is 5.97 Å². The second kappa shape index (κ2) is 5.02. The van der Waals surface area contributed by atoms with Gasteiger partial charge in [-0.05, 0) is 18.8 Å². The van der Waals surface area contributed by atoms with Crippen molar-refractivity contribution in [1.82, 2.24) is 0 Å². The first-order valence-electron chi connectivity index (χ1n) is 4.63. The second-order valence-corrected chi connectivity index (χ2v) is 3.45. The Balaban J connectivity index is 2.37. The number of carbonyl (C=O) groups is 1. The predicted octanol–water partition coefficient (Wildman–Crippen LogP) is 1.12. The van der Waals surface area contributed by atoms with Gasteiger partial charge in [0.25, 0.3) is 0 Å². The molecule has 0 aromatic carbocycles. The number of hydrogen-bond acceptors (Lipinski definition) is 3. The Morgan fingerprint density at radius 2 is 2.08 bits per heavy atom. The fourth-order valence-electron chi connectivity index (χ4n) is 1.58. The molecular weight excluding hydrogens is 168 g/mol. The van der Waals surface area contributed by atoms with Crippen LogP contribution in [0.1, 0.15) is 19.8 Å². The molecule has 1 N–H and O–H groups in total. The molecule has 0 aromatic rings. The molecular formula is C10H16O3. The number of allylic oxidation sites excluding steroid dienone is 2. The maximum atomic E-state index is 10.6. The van der Waals surface area contributed by atoms with Crippen molar-refractivity contribution in [3.63, 3.8) is 0 Å². The molecule has 0 amide bonds. The lowest BCUT2D eigenvalue weighted by atomic mass is 9.84. The monoisotopic (exact) mass is 184 g/mol. The molecule has 3 nitrogen and oxygen atoms in total. The van der Waals surface area contributed by atoms with Gasteiger partial charge in [-0.15, -0.1) is 0 Å². The number of hydrogen-bond donors (Lipinski definition) is 1. The van der Waals surface area contributed by atoms with Gasteiger partial charge < -0.3 is 9.84 Å². The van der Waals surface area contributed by atoms with Crippen molar-refractivity contribution in [3.05, 3.63) is 12.2 Å². The summed E-state index contributed by atoms with van der Waals surface area (Å²) in [6.45, 7) is 2.02. The summed E-state index contributed by atoms with van der Waals surface area (Å²) in [5.74, 6) is 0.300. The van der Waals surface area contributed by atoms with Gasteiger partial charge in [-0.25, -0.2) is 0 Å². The number of ether oxygens (including phenoxy) is 1. The fraction of sp³-hybridized carbons (Fsp3) is 0.700. The molecule has 2 atom stereocenters. The molecule has 3 heteroatoms. The molecule has 0 bridgehead atoms. The van der Waals surface area contributed by atoms with E-state index in [1.54, 1.807) is 0 Å². The fourth-order valence-corrected chi connectivity index (χ4v) is 1.58. The van der Waals surface area contributed by atoms with Gasteiger partial charge in [0, 0.05) is 19.4 Å². The summed E-state index contributed by atoms with van der Waals surface area (Å²) in [5, 5.41) is 9.05. The Kier molecular flexibility index (Phi) is 3.96. The van der Waals surface area contributed by atoms with Crippen molar-refractivity contribution in [1.29, 1.82) is 0 Å². The highest BCUT2D eigenvalue weighted by molar-refractivity contribution is 5.65. The van der Waals surface area contributed by atoms with Gasteiger partial charge in [0.2, 0.25) is 0 Å². The van der Waals surface area contributed by atoms with Crippen molar-refractivity contribution in [2.45, 2.75) is 19.8 Å². The quantitative estimate of drug-likeness (QED) is 0.528. The number of aliphatic hydroxyl groups excluding tert-OH is 1. The Labute approximate surface area is 78.4 Å². The van der Waals surface area contributed by atoms with Crippen LogP contribution < -0.4 is 0 Å². The summed E-state index contributed by atoms with van der Waals surface area (Å²) in [7, 11) is 0. The highest BCUT2D eigenvalue weighted by atomic mass is 16.5. The summed E-state index contributed by atoms with van der Waals surface area (Å²) in [4.78, 5) is 10.6. The van der Waals surface area contributed by atoms with Gasteiger partial charge in [-0.1, -0.05) is 12.2 Å². The third-order valence-corrected chi connectivity index (χ3v) is 2.45. The van der Waals surface area contributed by atoms with E-state index in [0.29, 0.717) is 12.5 Å². The van der Waals surface area contributed by atoms with E-state index in [4.69, 9.17) is 9.84 Å². The number of aliphatic hydroxyl groups is 1. The lowest BCUT2D eigenvalue weighted by Crippen LogP contribution is -2.25. The molecule has 0 radical (unpaired) electrons. The first kappa shape index (κ1) is 10.3. The van der Waals surface area contributed by atoms with E-state index >= 15 is 0 Å². The van der Waals surface area contributed by atoms with Gasteiger partial charge in [0.1, 0.15) is 0 Å². The highest BCUT2D eigenvalue weighted by Gasteiger charge is 2.22. The van der Waals surface area contributed by atoms with E-state index in [2.05, 4.69) is 12.2 Å². The van der Waals surface area contributed by atoms with Gasteiger partial charge in [-0.2, -0.15) is 0 Å². The molecule has 13 heavy (non-hydrogen) atoms. The summed E-state index contributed by atoms with van der Waals surface area (Å²) in [6.07, 6.45) is 5.95. The minimum atomic E-state index is -0.244. The molecule has 0 aromatic heterocycles. The molecule has 0 spiro atoms. The van der Waals surface area contributed by atoms with Crippen LogP contribution >= 0.6 is 0 Å². The molecule has 1 aliphatic rings. The van der Waals surface area contributed by atoms with E-state index < -0.39 is 0 Å². The third-order valence-electron chi connectivity index (χ3n) is 2.45.